The van der Waals surface area contributed by atoms with Gasteiger partial charge in [-0.3, -0.25) is 19.4 Å². The van der Waals surface area contributed by atoms with Crippen LogP contribution in [0.25, 0.3) is 11.1 Å². The first-order valence-electron chi connectivity index (χ1n) is 15.0. The first-order chi connectivity index (χ1) is 19.7. The Kier molecular flexibility index (Phi) is 9.41. The number of benzene rings is 1. The zero-order chi connectivity index (χ0) is 30.8. The summed E-state index contributed by atoms with van der Waals surface area (Å²) >= 11 is 1.53. The van der Waals surface area contributed by atoms with E-state index in [9.17, 15) is 14.4 Å². The van der Waals surface area contributed by atoms with Crippen molar-refractivity contribution in [3.8, 4) is 11.1 Å². The maximum absolute atomic E-state index is 13.8. The van der Waals surface area contributed by atoms with Crippen LogP contribution in [-0.2, 0) is 34.3 Å². The van der Waals surface area contributed by atoms with Crippen molar-refractivity contribution in [2.24, 2.45) is 5.92 Å². The van der Waals surface area contributed by atoms with Crippen LogP contribution in [0, 0.1) is 12.8 Å². The lowest BCUT2D eigenvalue weighted by Crippen LogP contribution is -2.63. The number of piperazine rings is 1. The predicted octanol–water partition coefficient (Wildman–Crippen LogP) is 6.71. The lowest BCUT2D eigenvalue weighted by Gasteiger charge is -2.41. The zero-order valence-corrected chi connectivity index (χ0v) is 27.2. The number of pyridine rings is 1. The smallest absolute Gasteiger partial charge is 0.255 e. The molecule has 2 amide bonds. The summed E-state index contributed by atoms with van der Waals surface area (Å²) in [6.45, 7) is 17.2. The quantitative estimate of drug-likeness (QED) is 0.302. The first kappa shape index (κ1) is 31.6. The molecule has 0 aliphatic carbocycles. The molecular weight excluding hydrogens is 542 g/mol. The summed E-state index contributed by atoms with van der Waals surface area (Å²) in [6, 6.07) is 12.3. The van der Waals surface area contributed by atoms with Gasteiger partial charge in [0, 0.05) is 53.1 Å². The summed E-state index contributed by atoms with van der Waals surface area (Å²) in [6.07, 6.45) is 4.48. The highest BCUT2D eigenvalue weighted by Crippen LogP contribution is 2.35. The lowest BCUT2D eigenvalue weighted by atomic mass is 9.92. The molecule has 1 N–H and O–H groups in total. The zero-order valence-electron chi connectivity index (χ0n) is 26.4. The highest BCUT2D eigenvalue weighted by molar-refractivity contribution is 7.12. The first-order valence-corrected chi connectivity index (χ1v) is 15.8. The second-order valence-electron chi connectivity index (χ2n) is 13.5. The van der Waals surface area contributed by atoms with Gasteiger partial charge in [0.25, 0.3) is 5.91 Å². The number of hydrogen-bond acceptors (Lipinski definition) is 5. The molecule has 224 valence electrons. The lowest BCUT2D eigenvalue weighted by molar-refractivity contribution is -0.133. The van der Waals surface area contributed by atoms with Crippen LogP contribution in [0.3, 0.4) is 0 Å². The molecule has 3 aromatic rings. The molecule has 1 fully saturated rings. The standard InChI is InChI=1S/C35H45N3O3S/c1-22(2)9-13-26-14-12-25(21-37-26)28-18-24(11-10-23(28)3)17-27(39)19-30-29(20-31(42-30)34(4,5)6)32(40)38-16-15-36-33(41)35(38,7)8/h10-12,14,18,20-22H,9,13,15-17,19H2,1-8H3,(H,36,41). The van der Waals surface area contributed by atoms with Gasteiger partial charge < -0.3 is 10.2 Å². The molecule has 4 rings (SSSR count). The predicted molar refractivity (Wildman–Crippen MR) is 171 cm³/mol. The summed E-state index contributed by atoms with van der Waals surface area (Å²) in [5.41, 5.74) is 4.71. The van der Waals surface area contributed by atoms with Crippen LogP contribution < -0.4 is 5.32 Å². The van der Waals surface area contributed by atoms with E-state index in [-0.39, 0.29) is 35.9 Å². The molecule has 1 saturated heterocycles. The maximum Gasteiger partial charge on any atom is 0.255 e. The van der Waals surface area contributed by atoms with E-state index in [4.69, 9.17) is 0 Å². The number of carbonyl (C=O) groups is 3. The largest absolute Gasteiger partial charge is 0.352 e. The number of amides is 2. The molecule has 42 heavy (non-hydrogen) atoms. The van der Waals surface area contributed by atoms with Gasteiger partial charge >= 0.3 is 0 Å². The maximum atomic E-state index is 13.8. The van der Waals surface area contributed by atoms with Crippen molar-refractivity contribution in [3.05, 3.63) is 74.7 Å². The van der Waals surface area contributed by atoms with Gasteiger partial charge in [-0.05, 0) is 73.8 Å². The second kappa shape index (κ2) is 12.5. The van der Waals surface area contributed by atoms with Crippen LogP contribution in [-0.4, -0.2) is 46.1 Å². The second-order valence-corrected chi connectivity index (χ2v) is 14.6. The molecule has 0 radical (unpaired) electrons. The monoisotopic (exact) mass is 587 g/mol. The Labute approximate surface area is 254 Å². The van der Waals surface area contributed by atoms with Crippen LogP contribution in [0.5, 0.6) is 0 Å². The Hall–Kier alpha value is -3.32. The Morgan fingerprint density at radius 2 is 1.83 bits per heavy atom. The van der Waals surface area contributed by atoms with Crippen molar-refractivity contribution in [3.63, 3.8) is 0 Å². The van der Waals surface area contributed by atoms with E-state index in [0.29, 0.717) is 24.6 Å². The fraction of sp³-hybridized carbons (Fsp3) is 0.486. The molecule has 0 saturated carbocycles. The van der Waals surface area contributed by atoms with Crippen LogP contribution in [0.2, 0.25) is 0 Å². The molecule has 3 heterocycles. The number of carbonyl (C=O) groups excluding carboxylic acids is 3. The molecule has 1 aliphatic rings. The van der Waals surface area contributed by atoms with Crippen LogP contribution >= 0.6 is 11.3 Å². The molecule has 0 spiro atoms. The molecule has 0 bridgehead atoms. The fourth-order valence-electron chi connectivity index (χ4n) is 5.24. The van der Waals surface area contributed by atoms with Gasteiger partial charge in [0.15, 0.2) is 0 Å². The van der Waals surface area contributed by atoms with E-state index in [1.165, 1.54) is 11.3 Å². The Morgan fingerprint density at radius 1 is 1.10 bits per heavy atom. The number of thiophene rings is 1. The number of aryl methyl sites for hydroxylation is 2. The number of nitrogens with one attached hydrogen (secondary N) is 1. The molecule has 7 heteroatoms. The van der Waals surface area contributed by atoms with Gasteiger partial charge in [-0.1, -0.05) is 58.9 Å². The van der Waals surface area contributed by atoms with Crippen LogP contribution in [0.15, 0.2) is 42.6 Å². The van der Waals surface area contributed by atoms with Crippen molar-refractivity contribution in [2.45, 2.75) is 92.0 Å². The van der Waals surface area contributed by atoms with Gasteiger partial charge in [0.05, 0.1) is 5.56 Å². The molecule has 1 aromatic carbocycles. The van der Waals surface area contributed by atoms with E-state index >= 15 is 0 Å². The minimum absolute atomic E-state index is 0.0546. The average molecular weight is 588 g/mol. The number of rotatable bonds is 9. The van der Waals surface area contributed by atoms with Gasteiger partial charge in [0.2, 0.25) is 5.91 Å². The van der Waals surface area contributed by atoms with Crippen molar-refractivity contribution >= 4 is 28.9 Å². The molecular formula is C35H45N3O3S. The third kappa shape index (κ3) is 7.17. The van der Waals surface area contributed by atoms with Gasteiger partial charge in [0.1, 0.15) is 11.3 Å². The summed E-state index contributed by atoms with van der Waals surface area (Å²) in [5, 5.41) is 2.86. The summed E-state index contributed by atoms with van der Waals surface area (Å²) < 4.78 is 0. The molecule has 1 aliphatic heterocycles. The minimum Gasteiger partial charge on any atom is -0.352 e. The van der Waals surface area contributed by atoms with E-state index in [1.54, 1.807) is 18.7 Å². The van der Waals surface area contributed by atoms with E-state index in [0.717, 1.165) is 50.5 Å². The Bertz CT molecular complexity index is 1460. The third-order valence-corrected chi connectivity index (χ3v) is 9.61. The number of nitrogens with zero attached hydrogens (tertiary/aromatic N) is 2. The van der Waals surface area contributed by atoms with Crippen molar-refractivity contribution < 1.29 is 14.4 Å². The van der Waals surface area contributed by atoms with Crippen LogP contribution in [0.4, 0.5) is 0 Å². The Morgan fingerprint density at radius 3 is 2.48 bits per heavy atom. The highest BCUT2D eigenvalue weighted by atomic mass is 32.1. The third-order valence-electron chi connectivity index (χ3n) is 8.05. The average Bonchev–Trinajstić information content (AvgIpc) is 3.34. The molecule has 2 aromatic heterocycles. The van der Waals surface area contributed by atoms with Gasteiger partial charge in [-0.25, -0.2) is 0 Å². The summed E-state index contributed by atoms with van der Waals surface area (Å²) in [5.74, 6) is 0.344. The number of hydrogen-bond donors (Lipinski definition) is 1. The normalized spacial score (nSPS) is 15.2. The van der Waals surface area contributed by atoms with Crippen molar-refractivity contribution in [1.82, 2.24) is 15.2 Å². The van der Waals surface area contributed by atoms with E-state index < -0.39 is 5.54 Å². The van der Waals surface area contributed by atoms with Gasteiger partial charge in [-0.2, -0.15) is 0 Å². The summed E-state index contributed by atoms with van der Waals surface area (Å²) in [7, 11) is 0. The number of Topliss-reactive ketones (excluding diaryl/α,β-unsaturated/α-hetero) is 1. The Balaban J connectivity index is 1.55. The topological polar surface area (TPSA) is 79.4 Å². The van der Waals surface area contributed by atoms with Crippen molar-refractivity contribution in [2.75, 3.05) is 13.1 Å². The summed E-state index contributed by atoms with van der Waals surface area (Å²) in [4.78, 5) is 48.0. The van der Waals surface area contributed by atoms with Crippen molar-refractivity contribution in [1.29, 1.82) is 0 Å². The minimum atomic E-state index is -0.958. The molecule has 0 unspecified atom stereocenters. The SMILES string of the molecule is Cc1ccc(CC(=O)Cc2sc(C(C)(C)C)cc2C(=O)N2CCNC(=O)C2(C)C)cc1-c1ccc(CCC(C)C)nc1. The molecule has 0 atom stereocenters. The van der Waals surface area contributed by atoms with E-state index in [1.807, 2.05) is 18.3 Å². The highest BCUT2D eigenvalue weighted by Gasteiger charge is 2.41. The molecule has 6 nitrogen and oxygen atoms in total. The van der Waals surface area contributed by atoms with E-state index in [2.05, 4.69) is 76.1 Å². The van der Waals surface area contributed by atoms with Gasteiger partial charge in [-0.15, -0.1) is 11.3 Å². The fourth-order valence-corrected chi connectivity index (χ4v) is 6.48. The number of ketones is 1. The number of aromatic nitrogens is 1. The van der Waals surface area contributed by atoms with Crippen LogP contribution in [0.1, 0.15) is 91.8 Å².